The number of nitro benzene ring substituents is 1. The first kappa shape index (κ1) is 17.0. The maximum Gasteiger partial charge on any atom is 0.292 e. The number of nitrogens with zero attached hydrogens (tertiary/aromatic N) is 5. The zero-order valence-electron chi connectivity index (χ0n) is 13.6. The van der Waals surface area contributed by atoms with Crippen molar-refractivity contribution in [1.29, 1.82) is 0 Å². The third kappa shape index (κ3) is 3.80. The second-order valence-corrected chi connectivity index (χ2v) is 5.23. The van der Waals surface area contributed by atoms with Crippen molar-refractivity contribution in [3.63, 3.8) is 0 Å². The molecule has 0 fully saturated rings. The number of carbonyl (C=O) groups excluding carboxylic acids is 1. The molecule has 0 radical (unpaired) electrons. The molecule has 2 aromatic carbocycles. The highest BCUT2D eigenvalue weighted by Gasteiger charge is 2.14. The normalized spacial score (nSPS) is 10.3. The second kappa shape index (κ2) is 7.83. The van der Waals surface area contributed by atoms with Crippen molar-refractivity contribution >= 4 is 17.3 Å². The molecule has 2 N–H and O–H groups in total. The summed E-state index contributed by atoms with van der Waals surface area (Å²) < 4.78 is 1.40. The van der Waals surface area contributed by atoms with Gasteiger partial charge in [-0.15, -0.1) is 5.10 Å². The van der Waals surface area contributed by atoms with Crippen molar-refractivity contribution in [2.75, 3.05) is 18.4 Å². The number of benzene rings is 2. The van der Waals surface area contributed by atoms with Gasteiger partial charge in [0.25, 0.3) is 11.6 Å². The van der Waals surface area contributed by atoms with Gasteiger partial charge in [-0.2, -0.15) is 4.68 Å². The van der Waals surface area contributed by atoms with Gasteiger partial charge in [0.05, 0.1) is 16.2 Å². The zero-order chi connectivity index (χ0) is 18.4. The van der Waals surface area contributed by atoms with Crippen molar-refractivity contribution in [3.8, 4) is 5.69 Å². The van der Waals surface area contributed by atoms with E-state index in [0.29, 0.717) is 23.5 Å². The second-order valence-electron chi connectivity index (χ2n) is 5.23. The Bertz CT molecular complexity index is 912. The van der Waals surface area contributed by atoms with Crippen LogP contribution in [0.15, 0.2) is 54.9 Å². The molecule has 0 saturated heterocycles. The minimum atomic E-state index is -0.455. The first-order valence-electron chi connectivity index (χ1n) is 7.74. The van der Waals surface area contributed by atoms with E-state index in [1.165, 1.54) is 17.1 Å². The number of aromatic nitrogens is 4. The van der Waals surface area contributed by atoms with Crippen LogP contribution in [-0.2, 0) is 0 Å². The molecular formula is C16H15N7O3. The summed E-state index contributed by atoms with van der Waals surface area (Å²) in [5.41, 5.74) is 1.37. The molecule has 0 saturated carbocycles. The first-order valence-corrected chi connectivity index (χ1v) is 7.74. The number of hydrogen-bond donors (Lipinski definition) is 2. The molecule has 3 aromatic rings. The highest BCUT2D eigenvalue weighted by atomic mass is 16.6. The third-order valence-electron chi connectivity index (χ3n) is 3.57. The average molecular weight is 353 g/mol. The van der Waals surface area contributed by atoms with E-state index in [2.05, 4.69) is 26.2 Å². The molecule has 0 unspecified atom stereocenters. The van der Waals surface area contributed by atoms with Crippen LogP contribution < -0.4 is 10.6 Å². The Balaban J connectivity index is 1.60. The lowest BCUT2D eigenvalue weighted by Crippen LogP contribution is -2.29. The standard InChI is InChI=1S/C16H15N7O3/c24-16(12-5-1-3-7-14(12)22-11-19-20-21-22)18-10-9-17-13-6-2-4-8-15(13)23(25)26/h1-8,11,17H,9-10H2,(H,18,24). The zero-order valence-corrected chi connectivity index (χ0v) is 13.6. The van der Waals surface area contributed by atoms with Crippen molar-refractivity contribution < 1.29 is 9.72 Å². The molecule has 0 bridgehead atoms. The van der Waals surface area contributed by atoms with Gasteiger partial charge in [0.2, 0.25) is 0 Å². The van der Waals surface area contributed by atoms with Crippen LogP contribution in [0.2, 0.25) is 0 Å². The van der Waals surface area contributed by atoms with E-state index in [9.17, 15) is 14.9 Å². The summed E-state index contributed by atoms with van der Waals surface area (Å²) in [7, 11) is 0. The van der Waals surface area contributed by atoms with Crippen molar-refractivity contribution in [2.45, 2.75) is 0 Å². The van der Waals surface area contributed by atoms with E-state index < -0.39 is 4.92 Å². The maximum atomic E-state index is 12.4. The fourth-order valence-electron chi connectivity index (χ4n) is 2.39. The molecule has 132 valence electrons. The van der Waals surface area contributed by atoms with Gasteiger partial charge in [-0.05, 0) is 28.6 Å². The van der Waals surface area contributed by atoms with Gasteiger partial charge in [-0.1, -0.05) is 24.3 Å². The number of para-hydroxylation sites is 3. The summed E-state index contributed by atoms with van der Waals surface area (Å²) in [6.45, 7) is 0.623. The monoisotopic (exact) mass is 353 g/mol. The minimum Gasteiger partial charge on any atom is -0.378 e. The molecule has 3 rings (SSSR count). The summed E-state index contributed by atoms with van der Waals surface area (Å²) in [6, 6.07) is 13.3. The lowest BCUT2D eigenvalue weighted by atomic mass is 10.1. The summed E-state index contributed by atoms with van der Waals surface area (Å²) in [5, 5.41) is 27.6. The lowest BCUT2D eigenvalue weighted by Gasteiger charge is -2.10. The van der Waals surface area contributed by atoms with Gasteiger partial charge in [0.1, 0.15) is 12.0 Å². The topological polar surface area (TPSA) is 128 Å². The van der Waals surface area contributed by atoms with E-state index in [4.69, 9.17) is 0 Å². The number of nitro groups is 1. The van der Waals surface area contributed by atoms with Crippen LogP contribution in [0, 0.1) is 10.1 Å². The van der Waals surface area contributed by atoms with Crippen LogP contribution in [0.4, 0.5) is 11.4 Å². The Morgan fingerprint density at radius 3 is 2.65 bits per heavy atom. The number of rotatable bonds is 7. The van der Waals surface area contributed by atoms with Crippen LogP contribution in [-0.4, -0.2) is 44.1 Å². The predicted octanol–water partition coefficient (Wildman–Crippen LogP) is 1.41. The number of hydrogen-bond acceptors (Lipinski definition) is 7. The molecular weight excluding hydrogens is 338 g/mol. The van der Waals surface area contributed by atoms with Gasteiger partial charge < -0.3 is 10.6 Å². The molecule has 1 heterocycles. The van der Waals surface area contributed by atoms with Crippen molar-refractivity contribution in [2.24, 2.45) is 0 Å². The molecule has 1 aromatic heterocycles. The fourth-order valence-corrected chi connectivity index (χ4v) is 2.39. The highest BCUT2D eigenvalue weighted by molar-refractivity contribution is 5.97. The van der Waals surface area contributed by atoms with Crippen molar-refractivity contribution in [3.05, 3.63) is 70.5 Å². The highest BCUT2D eigenvalue weighted by Crippen LogP contribution is 2.22. The molecule has 0 aliphatic heterocycles. The molecule has 0 atom stereocenters. The number of carbonyl (C=O) groups is 1. The smallest absolute Gasteiger partial charge is 0.292 e. The number of nitrogens with one attached hydrogen (secondary N) is 2. The Morgan fingerprint density at radius 2 is 1.88 bits per heavy atom. The number of amides is 1. The summed E-state index contributed by atoms with van der Waals surface area (Å²) in [6.07, 6.45) is 1.40. The van der Waals surface area contributed by atoms with E-state index in [1.807, 2.05) is 0 Å². The summed E-state index contributed by atoms with van der Waals surface area (Å²) >= 11 is 0. The minimum absolute atomic E-state index is 0.0112. The SMILES string of the molecule is O=C(NCCNc1ccccc1[N+](=O)[O-])c1ccccc1-n1cnnn1. The summed E-state index contributed by atoms with van der Waals surface area (Å²) in [5.74, 6) is -0.291. The van der Waals surface area contributed by atoms with E-state index in [1.54, 1.807) is 42.5 Å². The third-order valence-corrected chi connectivity index (χ3v) is 3.57. The Labute approximate surface area is 148 Å². The van der Waals surface area contributed by atoms with Gasteiger partial charge in [0, 0.05) is 19.2 Å². The molecule has 0 spiro atoms. The number of anilines is 1. The van der Waals surface area contributed by atoms with E-state index in [0.717, 1.165) is 0 Å². The van der Waals surface area contributed by atoms with Crippen LogP contribution in [0.25, 0.3) is 5.69 Å². The number of tetrazole rings is 1. The van der Waals surface area contributed by atoms with Gasteiger partial charge in [-0.25, -0.2) is 0 Å². The van der Waals surface area contributed by atoms with E-state index >= 15 is 0 Å². The lowest BCUT2D eigenvalue weighted by molar-refractivity contribution is -0.384. The van der Waals surface area contributed by atoms with Crippen LogP contribution in [0.5, 0.6) is 0 Å². The maximum absolute atomic E-state index is 12.4. The Hall–Kier alpha value is -3.82. The van der Waals surface area contributed by atoms with Gasteiger partial charge >= 0.3 is 0 Å². The molecule has 0 aliphatic carbocycles. The predicted molar refractivity (Wildman–Crippen MR) is 93.1 cm³/mol. The molecule has 10 nitrogen and oxygen atoms in total. The van der Waals surface area contributed by atoms with Crippen LogP contribution >= 0.6 is 0 Å². The van der Waals surface area contributed by atoms with Crippen LogP contribution in [0.1, 0.15) is 10.4 Å². The Kier molecular flexibility index (Phi) is 5.13. The first-order chi connectivity index (χ1) is 12.7. The molecule has 0 aliphatic rings. The summed E-state index contributed by atoms with van der Waals surface area (Å²) in [4.78, 5) is 22.9. The van der Waals surface area contributed by atoms with Crippen LogP contribution in [0.3, 0.4) is 0 Å². The molecule has 10 heteroatoms. The average Bonchev–Trinajstić information content (AvgIpc) is 3.20. The largest absolute Gasteiger partial charge is 0.378 e. The van der Waals surface area contributed by atoms with Gasteiger partial charge in [0.15, 0.2) is 0 Å². The fraction of sp³-hybridized carbons (Fsp3) is 0.125. The van der Waals surface area contributed by atoms with Gasteiger partial charge in [-0.3, -0.25) is 14.9 Å². The molecule has 1 amide bonds. The van der Waals surface area contributed by atoms with Crippen molar-refractivity contribution in [1.82, 2.24) is 25.5 Å². The molecule has 26 heavy (non-hydrogen) atoms. The quantitative estimate of drug-likeness (QED) is 0.373. The Morgan fingerprint density at radius 1 is 1.12 bits per heavy atom. The van der Waals surface area contributed by atoms with E-state index in [-0.39, 0.29) is 18.1 Å².